The number of para-hydroxylation sites is 3. The van der Waals surface area contributed by atoms with Crippen molar-refractivity contribution >= 4 is 40.8 Å². The van der Waals surface area contributed by atoms with Gasteiger partial charge in [-0.3, -0.25) is 19.7 Å². The number of nitrogens with one attached hydrogen (secondary N) is 3. The molecule has 5 amide bonds. The molecule has 0 bridgehead atoms. The van der Waals surface area contributed by atoms with Crippen molar-refractivity contribution in [2.75, 3.05) is 15.5 Å². The number of imide groups is 2. The molecule has 1 aliphatic rings. The molecule has 2 aromatic rings. The van der Waals surface area contributed by atoms with E-state index in [4.69, 9.17) is 0 Å². The number of carbonyl (C=O) groups is 4. The molecule has 0 aliphatic carbocycles. The quantitative estimate of drug-likeness (QED) is 0.630. The maximum absolute atomic E-state index is 12.9. The molecule has 0 unspecified atom stereocenters. The molecule has 1 atom stereocenters. The minimum atomic E-state index is -5.11. The van der Waals surface area contributed by atoms with Crippen LogP contribution in [-0.4, -0.2) is 29.9 Å². The van der Waals surface area contributed by atoms with E-state index in [1.165, 1.54) is 36.4 Å². The lowest BCUT2D eigenvalue weighted by Gasteiger charge is -2.31. The van der Waals surface area contributed by atoms with Gasteiger partial charge in [-0.2, -0.15) is 13.2 Å². The molecule has 1 aliphatic heterocycles. The molecule has 3 rings (SSSR count). The van der Waals surface area contributed by atoms with Crippen LogP contribution in [0, 0.1) is 5.92 Å². The van der Waals surface area contributed by atoms with Crippen molar-refractivity contribution in [1.29, 1.82) is 0 Å². The lowest BCUT2D eigenvalue weighted by molar-refractivity contribution is -0.167. The first-order valence-corrected chi connectivity index (χ1v) is 8.76. The van der Waals surface area contributed by atoms with Crippen molar-refractivity contribution in [2.24, 2.45) is 5.92 Å². The predicted molar refractivity (Wildman–Crippen MR) is 105 cm³/mol. The fraction of sp³-hybridized carbons (Fsp3) is 0.100. The van der Waals surface area contributed by atoms with Crippen molar-refractivity contribution in [3.63, 3.8) is 0 Å². The summed E-state index contributed by atoms with van der Waals surface area (Å²) in [6.07, 6.45) is -5.11. The second kappa shape index (κ2) is 8.30. The zero-order valence-electron chi connectivity index (χ0n) is 15.7. The Morgan fingerprint density at radius 2 is 1.48 bits per heavy atom. The van der Waals surface area contributed by atoms with Crippen LogP contribution in [0.25, 0.3) is 0 Å². The SMILES string of the molecule is C=C(Nc1ccccc1NC(=O)C(F)(F)F)[C@H]1C(=O)NC(=O)N(c2ccccc2)C1=O. The first kappa shape index (κ1) is 21.6. The molecule has 1 fully saturated rings. The van der Waals surface area contributed by atoms with Crippen LogP contribution in [0.4, 0.5) is 35.0 Å². The predicted octanol–water partition coefficient (Wildman–Crippen LogP) is 3.01. The Kier molecular flexibility index (Phi) is 5.77. The number of alkyl halides is 3. The lowest BCUT2D eigenvalue weighted by Crippen LogP contribution is -2.59. The van der Waals surface area contributed by atoms with Gasteiger partial charge in [-0.1, -0.05) is 36.9 Å². The number of urea groups is 1. The minimum Gasteiger partial charge on any atom is -0.357 e. The van der Waals surface area contributed by atoms with E-state index in [1.54, 1.807) is 23.5 Å². The van der Waals surface area contributed by atoms with Crippen LogP contribution >= 0.6 is 0 Å². The maximum atomic E-state index is 12.9. The number of anilines is 3. The molecule has 0 aromatic heterocycles. The van der Waals surface area contributed by atoms with Crippen LogP contribution in [0.3, 0.4) is 0 Å². The standard InChI is InChI=1S/C20H15F3N4O4/c1-11(24-13-9-5-6-10-14(13)25-18(30)20(21,22)23)15-16(28)26-19(31)27(17(15)29)12-7-3-2-4-8-12/h2-10,15,24H,1H2,(H,25,30)(H,26,28,31)/t15-/m0/s1. The Hall–Kier alpha value is -4.15. The van der Waals surface area contributed by atoms with Crippen molar-refractivity contribution in [2.45, 2.75) is 6.18 Å². The van der Waals surface area contributed by atoms with Gasteiger partial charge in [0.2, 0.25) is 5.91 Å². The van der Waals surface area contributed by atoms with Gasteiger partial charge in [0.25, 0.3) is 5.91 Å². The van der Waals surface area contributed by atoms with E-state index < -0.39 is 35.8 Å². The summed E-state index contributed by atoms with van der Waals surface area (Å²) in [6.45, 7) is 3.63. The second-order valence-corrected chi connectivity index (χ2v) is 6.38. The van der Waals surface area contributed by atoms with Crippen LogP contribution in [-0.2, 0) is 14.4 Å². The topological polar surface area (TPSA) is 108 Å². The third kappa shape index (κ3) is 4.55. The molecule has 0 saturated carbocycles. The average Bonchev–Trinajstić information content (AvgIpc) is 2.69. The van der Waals surface area contributed by atoms with Gasteiger partial charge in [-0.05, 0) is 24.3 Å². The lowest BCUT2D eigenvalue weighted by atomic mass is 10.0. The number of benzene rings is 2. The molecule has 31 heavy (non-hydrogen) atoms. The zero-order valence-corrected chi connectivity index (χ0v) is 15.7. The maximum Gasteiger partial charge on any atom is 0.471 e. The van der Waals surface area contributed by atoms with E-state index >= 15 is 0 Å². The summed E-state index contributed by atoms with van der Waals surface area (Å²) >= 11 is 0. The van der Waals surface area contributed by atoms with Gasteiger partial charge in [0, 0.05) is 5.70 Å². The molecule has 0 spiro atoms. The van der Waals surface area contributed by atoms with Crippen LogP contribution in [0.5, 0.6) is 0 Å². The molecule has 1 heterocycles. The zero-order chi connectivity index (χ0) is 22.8. The van der Waals surface area contributed by atoms with Gasteiger partial charge >= 0.3 is 18.1 Å². The van der Waals surface area contributed by atoms with E-state index in [2.05, 4.69) is 11.9 Å². The number of nitrogens with zero attached hydrogens (tertiary/aromatic N) is 1. The van der Waals surface area contributed by atoms with Gasteiger partial charge < -0.3 is 10.6 Å². The number of hydrogen-bond acceptors (Lipinski definition) is 5. The minimum absolute atomic E-state index is 0.0335. The highest BCUT2D eigenvalue weighted by atomic mass is 19.4. The first-order valence-electron chi connectivity index (χ1n) is 8.76. The monoisotopic (exact) mass is 432 g/mol. The molecule has 8 nitrogen and oxygen atoms in total. The van der Waals surface area contributed by atoms with Crippen LogP contribution < -0.4 is 20.9 Å². The molecule has 0 radical (unpaired) electrons. The summed E-state index contributed by atoms with van der Waals surface area (Å²) in [5.41, 5.74) is -0.266. The highest BCUT2D eigenvalue weighted by Gasteiger charge is 2.43. The van der Waals surface area contributed by atoms with Gasteiger partial charge in [0.05, 0.1) is 17.1 Å². The van der Waals surface area contributed by atoms with Crippen molar-refractivity contribution in [1.82, 2.24) is 5.32 Å². The molecule has 11 heteroatoms. The van der Waals surface area contributed by atoms with Gasteiger partial charge in [0.15, 0.2) is 5.92 Å². The van der Waals surface area contributed by atoms with Crippen LogP contribution in [0.15, 0.2) is 66.9 Å². The summed E-state index contributed by atoms with van der Waals surface area (Å²) in [7, 11) is 0. The van der Waals surface area contributed by atoms with Crippen LogP contribution in [0.2, 0.25) is 0 Å². The normalized spacial score (nSPS) is 16.5. The number of halogens is 3. The van der Waals surface area contributed by atoms with E-state index in [0.717, 1.165) is 4.90 Å². The van der Waals surface area contributed by atoms with Gasteiger partial charge in [0.1, 0.15) is 0 Å². The molecular formula is C20H15F3N4O4. The summed E-state index contributed by atoms with van der Waals surface area (Å²) in [5, 5.41) is 6.34. The van der Waals surface area contributed by atoms with E-state index in [0.29, 0.717) is 0 Å². The average molecular weight is 432 g/mol. The largest absolute Gasteiger partial charge is 0.471 e. The Bertz CT molecular complexity index is 1070. The van der Waals surface area contributed by atoms with Crippen LogP contribution in [0.1, 0.15) is 0 Å². The molecule has 3 N–H and O–H groups in total. The fourth-order valence-electron chi connectivity index (χ4n) is 2.84. The third-order valence-electron chi connectivity index (χ3n) is 4.25. The highest BCUT2D eigenvalue weighted by Crippen LogP contribution is 2.29. The Morgan fingerprint density at radius 1 is 0.935 bits per heavy atom. The van der Waals surface area contributed by atoms with Gasteiger partial charge in [-0.25, -0.2) is 9.69 Å². The van der Waals surface area contributed by atoms with Crippen molar-refractivity contribution in [3.8, 4) is 0 Å². The smallest absolute Gasteiger partial charge is 0.357 e. The van der Waals surface area contributed by atoms with Crippen molar-refractivity contribution < 1.29 is 32.3 Å². The summed E-state index contributed by atoms with van der Waals surface area (Å²) in [6, 6.07) is 12.3. The Labute approximate surface area is 173 Å². The summed E-state index contributed by atoms with van der Waals surface area (Å²) < 4.78 is 37.7. The summed E-state index contributed by atoms with van der Waals surface area (Å²) in [4.78, 5) is 49.4. The third-order valence-corrected chi connectivity index (χ3v) is 4.25. The van der Waals surface area contributed by atoms with Crippen molar-refractivity contribution in [3.05, 3.63) is 66.9 Å². The Balaban J connectivity index is 1.85. The molecule has 2 aromatic carbocycles. The number of rotatable bonds is 5. The number of amides is 5. The number of barbiturate groups is 1. The first-order chi connectivity index (χ1) is 14.6. The fourth-order valence-corrected chi connectivity index (χ4v) is 2.84. The van der Waals surface area contributed by atoms with E-state index in [1.807, 2.05) is 5.32 Å². The number of carbonyl (C=O) groups excluding carboxylic acids is 4. The second-order valence-electron chi connectivity index (χ2n) is 6.38. The van der Waals surface area contributed by atoms with Gasteiger partial charge in [-0.15, -0.1) is 0 Å². The summed E-state index contributed by atoms with van der Waals surface area (Å²) in [5.74, 6) is -5.59. The molecule has 160 valence electrons. The Morgan fingerprint density at radius 3 is 2.06 bits per heavy atom. The highest BCUT2D eigenvalue weighted by molar-refractivity contribution is 6.29. The number of hydrogen-bond donors (Lipinski definition) is 3. The van der Waals surface area contributed by atoms with E-state index in [-0.39, 0.29) is 22.8 Å². The molecular weight excluding hydrogens is 417 g/mol. The van der Waals surface area contributed by atoms with E-state index in [9.17, 15) is 32.3 Å². The molecule has 1 saturated heterocycles.